The molecule has 1 N–H and O–H groups in total. The standard InChI is InChI=1S/C10H12N2O2/c1-8(2)7-12-6-5-9(11-12)3-4-10(13)14/h5-6,8H,7H2,1-2H3,(H,13,14). The Labute approximate surface area is 82.5 Å². The molecule has 1 heterocycles. The third kappa shape index (κ3) is 3.31. The summed E-state index contributed by atoms with van der Waals surface area (Å²) < 4.78 is 1.76. The summed E-state index contributed by atoms with van der Waals surface area (Å²) in [4.78, 5) is 10.1. The maximum Gasteiger partial charge on any atom is 0.382 e. The van der Waals surface area contributed by atoms with Crippen LogP contribution in [0.2, 0.25) is 0 Å². The molecule has 74 valence electrons. The van der Waals surface area contributed by atoms with Gasteiger partial charge in [0.15, 0.2) is 0 Å². The van der Waals surface area contributed by atoms with Crippen LogP contribution in [0.25, 0.3) is 0 Å². The fourth-order valence-electron chi connectivity index (χ4n) is 1.02. The van der Waals surface area contributed by atoms with Crippen LogP contribution in [0.3, 0.4) is 0 Å². The van der Waals surface area contributed by atoms with Crippen LogP contribution in [-0.2, 0) is 11.3 Å². The van der Waals surface area contributed by atoms with Gasteiger partial charge in [0.25, 0.3) is 0 Å². The maximum atomic E-state index is 10.1. The summed E-state index contributed by atoms with van der Waals surface area (Å²) in [5, 5.41) is 12.4. The lowest BCUT2D eigenvalue weighted by Gasteiger charge is -2.02. The minimum atomic E-state index is -1.14. The van der Waals surface area contributed by atoms with Crippen molar-refractivity contribution in [3.8, 4) is 11.8 Å². The first kappa shape index (κ1) is 10.3. The van der Waals surface area contributed by atoms with Gasteiger partial charge in [-0.2, -0.15) is 5.10 Å². The van der Waals surface area contributed by atoms with Gasteiger partial charge in [0, 0.05) is 18.7 Å². The van der Waals surface area contributed by atoms with Crippen LogP contribution in [0.15, 0.2) is 12.3 Å². The van der Waals surface area contributed by atoms with Gasteiger partial charge in [-0.05, 0) is 17.9 Å². The Morgan fingerprint density at radius 3 is 3.00 bits per heavy atom. The van der Waals surface area contributed by atoms with Crippen molar-refractivity contribution in [3.05, 3.63) is 18.0 Å². The van der Waals surface area contributed by atoms with Crippen LogP contribution in [0.4, 0.5) is 0 Å². The lowest BCUT2D eigenvalue weighted by Crippen LogP contribution is -2.04. The fraction of sp³-hybridized carbons (Fsp3) is 0.400. The van der Waals surface area contributed by atoms with Crippen LogP contribution in [0.5, 0.6) is 0 Å². The van der Waals surface area contributed by atoms with E-state index in [1.54, 1.807) is 16.9 Å². The molecule has 0 amide bonds. The molecule has 0 saturated carbocycles. The van der Waals surface area contributed by atoms with Crippen LogP contribution < -0.4 is 0 Å². The summed E-state index contributed by atoms with van der Waals surface area (Å²) in [5.41, 5.74) is 0.494. The van der Waals surface area contributed by atoms with Crippen molar-refractivity contribution in [3.63, 3.8) is 0 Å². The Balaban J connectivity index is 2.70. The topological polar surface area (TPSA) is 55.1 Å². The molecule has 0 saturated heterocycles. The van der Waals surface area contributed by atoms with E-state index in [4.69, 9.17) is 5.11 Å². The number of hydrogen-bond acceptors (Lipinski definition) is 2. The van der Waals surface area contributed by atoms with Crippen molar-refractivity contribution < 1.29 is 9.90 Å². The van der Waals surface area contributed by atoms with E-state index >= 15 is 0 Å². The minimum absolute atomic E-state index is 0.494. The molecule has 0 atom stereocenters. The maximum absolute atomic E-state index is 10.1. The average molecular weight is 192 g/mol. The molecule has 0 aliphatic heterocycles. The van der Waals surface area contributed by atoms with Gasteiger partial charge in [-0.1, -0.05) is 13.8 Å². The molecule has 0 aromatic carbocycles. The van der Waals surface area contributed by atoms with Gasteiger partial charge in [-0.3, -0.25) is 4.68 Å². The highest BCUT2D eigenvalue weighted by atomic mass is 16.4. The number of nitrogens with zero attached hydrogens (tertiary/aromatic N) is 2. The van der Waals surface area contributed by atoms with E-state index in [-0.39, 0.29) is 0 Å². The quantitative estimate of drug-likeness (QED) is 0.710. The SMILES string of the molecule is CC(C)Cn1ccc(C#CC(=O)O)n1. The first-order valence-corrected chi connectivity index (χ1v) is 4.36. The highest BCUT2D eigenvalue weighted by Crippen LogP contribution is 1.99. The zero-order valence-electron chi connectivity index (χ0n) is 8.19. The van der Waals surface area contributed by atoms with E-state index in [2.05, 4.69) is 24.9 Å². The molecule has 0 spiro atoms. The molecule has 0 bridgehead atoms. The largest absolute Gasteiger partial charge is 0.472 e. The zero-order chi connectivity index (χ0) is 10.6. The Hall–Kier alpha value is -1.76. The lowest BCUT2D eigenvalue weighted by molar-refractivity contribution is -0.130. The van der Waals surface area contributed by atoms with Gasteiger partial charge in [-0.25, -0.2) is 4.79 Å². The highest BCUT2D eigenvalue weighted by Gasteiger charge is 1.98. The lowest BCUT2D eigenvalue weighted by atomic mass is 10.2. The first-order valence-electron chi connectivity index (χ1n) is 4.36. The van der Waals surface area contributed by atoms with E-state index in [1.165, 1.54) is 0 Å². The van der Waals surface area contributed by atoms with Gasteiger partial charge in [0.2, 0.25) is 0 Å². The molecule has 1 aromatic rings. The average Bonchev–Trinajstić information content (AvgIpc) is 2.47. The predicted molar refractivity (Wildman–Crippen MR) is 51.6 cm³/mol. The third-order valence-electron chi connectivity index (χ3n) is 1.49. The molecule has 0 radical (unpaired) electrons. The molecular formula is C10H12N2O2. The molecule has 0 aliphatic carbocycles. The smallest absolute Gasteiger partial charge is 0.382 e. The van der Waals surface area contributed by atoms with Crippen LogP contribution in [-0.4, -0.2) is 20.9 Å². The zero-order valence-corrected chi connectivity index (χ0v) is 8.19. The number of carboxylic acids is 1. The number of aliphatic carboxylic acids is 1. The van der Waals surface area contributed by atoms with Gasteiger partial charge in [0.1, 0.15) is 5.69 Å². The second-order valence-corrected chi connectivity index (χ2v) is 3.37. The molecule has 4 nitrogen and oxygen atoms in total. The summed E-state index contributed by atoms with van der Waals surface area (Å²) in [7, 11) is 0. The van der Waals surface area contributed by atoms with Crippen LogP contribution >= 0.6 is 0 Å². The van der Waals surface area contributed by atoms with Crippen molar-refractivity contribution in [1.82, 2.24) is 9.78 Å². The van der Waals surface area contributed by atoms with Gasteiger partial charge in [-0.15, -0.1) is 0 Å². The van der Waals surface area contributed by atoms with E-state index < -0.39 is 5.97 Å². The molecule has 0 aliphatic rings. The van der Waals surface area contributed by atoms with Gasteiger partial charge < -0.3 is 5.11 Å². The van der Waals surface area contributed by atoms with Crippen molar-refractivity contribution in [2.45, 2.75) is 20.4 Å². The van der Waals surface area contributed by atoms with Crippen molar-refractivity contribution >= 4 is 5.97 Å². The molecule has 1 rings (SSSR count). The molecule has 14 heavy (non-hydrogen) atoms. The molecule has 1 aromatic heterocycles. The van der Waals surface area contributed by atoms with Crippen LogP contribution in [0, 0.1) is 17.8 Å². The van der Waals surface area contributed by atoms with Gasteiger partial charge >= 0.3 is 5.97 Å². The Morgan fingerprint density at radius 2 is 2.43 bits per heavy atom. The molecule has 0 fully saturated rings. The monoisotopic (exact) mass is 192 g/mol. The Kier molecular flexibility index (Phi) is 3.29. The highest BCUT2D eigenvalue weighted by molar-refractivity contribution is 5.87. The number of rotatable bonds is 2. The second kappa shape index (κ2) is 4.47. The summed E-state index contributed by atoms with van der Waals surface area (Å²) >= 11 is 0. The molecular weight excluding hydrogens is 180 g/mol. The third-order valence-corrected chi connectivity index (χ3v) is 1.49. The van der Waals surface area contributed by atoms with Crippen molar-refractivity contribution in [1.29, 1.82) is 0 Å². The van der Waals surface area contributed by atoms with E-state index in [9.17, 15) is 4.79 Å². The summed E-state index contributed by atoms with van der Waals surface area (Å²) in [6.45, 7) is 4.99. The molecule has 0 unspecified atom stereocenters. The van der Waals surface area contributed by atoms with Crippen LogP contribution in [0.1, 0.15) is 19.5 Å². The van der Waals surface area contributed by atoms with Crippen molar-refractivity contribution in [2.75, 3.05) is 0 Å². The minimum Gasteiger partial charge on any atom is -0.472 e. The second-order valence-electron chi connectivity index (χ2n) is 3.37. The predicted octanol–water partition coefficient (Wildman–Crippen LogP) is 0.975. The van der Waals surface area contributed by atoms with E-state index in [0.717, 1.165) is 6.54 Å². The summed E-state index contributed by atoms with van der Waals surface area (Å²) in [6.07, 6.45) is 1.80. The summed E-state index contributed by atoms with van der Waals surface area (Å²) in [5.74, 6) is 3.85. The van der Waals surface area contributed by atoms with E-state index in [1.807, 2.05) is 5.92 Å². The fourth-order valence-corrected chi connectivity index (χ4v) is 1.02. The van der Waals surface area contributed by atoms with Gasteiger partial charge in [0.05, 0.1) is 0 Å². The van der Waals surface area contributed by atoms with E-state index in [0.29, 0.717) is 11.6 Å². The number of carbonyl (C=O) groups is 1. The van der Waals surface area contributed by atoms with Crippen molar-refractivity contribution in [2.24, 2.45) is 5.92 Å². The number of aromatic nitrogens is 2. The number of carboxylic acid groups (broad SMARTS) is 1. The summed E-state index contributed by atoms with van der Waals surface area (Å²) in [6, 6.07) is 1.71. The Morgan fingerprint density at radius 1 is 1.71 bits per heavy atom. The molecule has 4 heteroatoms. The first-order chi connectivity index (χ1) is 6.58. The Bertz CT molecular complexity index is 382. The number of hydrogen-bond donors (Lipinski definition) is 1. The normalized spacial score (nSPS) is 9.64.